The van der Waals surface area contributed by atoms with Crippen molar-refractivity contribution in [1.29, 1.82) is 0 Å². The van der Waals surface area contributed by atoms with Gasteiger partial charge in [-0.05, 0) is 134 Å². The molecule has 0 aliphatic rings. The summed E-state index contributed by atoms with van der Waals surface area (Å²) in [5.41, 5.74) is 2.80. The maximum absolute atomic E-state index is 12.5. The van der Waals surface area contributed by atoms with Gasteiger partial charge in [0.15, 0.2) is 0 Å². The van der Waals surface area contributed by atoms with E-state index in [9.17, 15) is 9.59 Å². The first kappa shape index (κ1) is 35.6. The minimum absolute atomic E-state index is 0.414. The molecule has 0 fully saturated rings. The molecule has 0 aliphatic carbocycles. The van der Waals surface area contributed by atoms with Gasteiger partial charge in [0.05, 0.1) is 24.3 Å². The lowest BCUT2D eigenvalue weighted by Crippen LogP contribution is -2.08. The molecular formula is C40H44N2O6. The molecule has 0 saturated carbocycles. The van der Waals surface area contributed by atoms with Gasteiger partial charge in [0.1, 0.15) is 23.0 Å². The van der Waals surface area contributed by atoms with Crippen molar-refractivity contribution in [3.05, 3.63) is 119 Å². The Balaban J connectivity index is 1.10. The molecule has 0 bridgehead atoms. The molecule has 0 N–H and O–H groups in total. The van der Waals surface area contributed by atoms with Crippen LogP contribution in [0.1, 0.15) is 84.2 Å². The van der Waals surface area contributed by atoms with Crippen molar-refractivity contribution in [2.75, 3.05) is 26.3 Å². The Bertz CT molecular complexity index is 1470. The van der Waals surface area contributed by atoms with Gasteiger partial charge in [-0.1, -0.05) is 26.7 Å². The number of nitrogens with zero attached hydrogens (tertiary/aromatic N) is 2. The van der Waals surface area contributed by atoms with Crippen molar-refractivity contribution in [1.82, 2.24) is 0 Å². The number of ether oxygens (including phenoxy) is 4. The molecule has 0 amide bonds. The third-order valence-electron chi connectivity index (χ3n) is 7.20. The zero-order valence-corrected chi connectivity index (χ0v) is 27.8. The van der Waals surface area contributed by atoms with Crippen LogP contribution in [0.4, 0.5) is 0 Å². The molecule has 0 unspecified atom stereocenters. The molecule has 0 heterocycles. The van der Waals surface area contributed by atoms with E-state index in [-0.39, 0.29) is 0 Å². The largest absolute Gasteiger partial charge is 0.494 e. The van der Waals surface area contributed by atoms with Crippen LogP contribution >= 0.6 is 0 Å². The fourth-order valence-corrected chi connectivity index (χ4v) is 4.37. The van der Waals surface area contributed by atoms with Gasteiger partial charge in [-0.3, -0.25) is 9.98 Å². The monoisotopic (exact) mass is 648 g/mol. The van der Waals surface area contributed by atoms with E-state index in [2.05, 4.69) is 23.8 Å². The molecule has 250 valence electrons. The third kappa shape index (κ3) is 12.5. The van der Waals surface area contributed by atoms with Gasteiger partial charge in [-0.25, -0.2) is 9.59 Å². The van der Waals surface area contributed by atoms with E-state index in [0.29, 0.717) is 48.9 Å². The average Bonchev–Trinajstić information content (AvgIpc) is 3.11. The minimum Gasteiger partial charge on any atom is -0.494 e. The van der Waals surface area contributed by atoms with E-state index >= 15 is 0 Å². The van der Waals surface area contributed by atoms with Crippen LogP contribution in [0.3, 0.4) is 0 Å². The maximum Gasteiger partial charge on any atom is 0.343 e. The van der Waals surface area contributed by atoms with E-state index in [0.717, 1.165) is 61.2 Å². The SMILES string of the molecule is CCCCOc1ccc(C(=O)Oc2ccc(C=NCCCCN=Cc3ccc(OC(=O)c4ccc(OCCCC)cc4)cc3)cc2)cc1. The molecule has 4 rings (SSSR count). The molecule has 0 saturated heterocycles. The number of rotatable bonds is 19. The lowest BCUT2D eigenvalue weighted by molar-refractivity contribution is 0.0725. The van der Waals surface area contributed by atoms with Crippen LogP contribution in [0, 0.1) is 0 Å². The van der Waals surface area contributed by atoms with Crippen molar-refractivity contribution < 1.29 is 28.5 Å². The third-order valence-corrected chi connectivity index (χ3v) is 7.20. The minimum atomic E-state index is -0.414. The van der Waals surface area contributed by atoms with Gasteiger partial charge in [-0.2, -0.15) is 0 Å². The van der Waals surface area contributed by atoms with Crippen LogP contribution in [0.25, 0.3) is 0 Å². The number of aliphatic imine (C=N–C) groups is 2. The highest BCUT2D eigenvalue weighted by Crippen LogP contribution is 2.18. The van der Waals surface area contributed by atoms with E-state index in [4.69, 9.17) is 18.9 Å². The van der Waals surface area contributed by atoms with Crippen LogP contribution in [-0.2, 0) is 0 Å². The molecular weight excluding hydrogens is 604 g/mol. The van der Waals surface area contributed by atoms with Crippen LogP contribution in [-0.4, -0.2) is 50.7 Å². The van der Waals surface area contributed by atoms with Gasteiger partial charge >= 0.3 is 11.9 Å². The number of unbranched alkanes of at least 4 members (excludes halogenated alkanes) is 3. The Morgan fingerprint density at radius 2 is 0.854 bits per heavy atom. The smallest absolute Gasteiger partial charge is 0.343 e. The van der Waals surface area contributed by atoms with E-state index in [1.54, 1.807) is 72.8 Å². The van der Waals surface area contributed by atoms with Crippen molar-refractivity contribution >= 4 is 24.4 Å². The average molecular weight is 649 g/mol. The maximum atomic E-state index is 12.5. The van der Waals surface area contributed by atoms with E-state index in [1.807, 2.05) is 36.7 Å². The molecule has 0 aromatic heterocycles. The molecule has 4 aromatic rings. The summed E-state index contributed by atoms with van der Waals surface area (Å²) >= 11 is 0. The van der Waals surface area contributed by atoms with E-state index in [1.165, 1.54) is 0 Å². The number of carbonyl (C=O) groups excluding carboxylic acids is 2. The Morgan fingerprint density at radius 1 is 0.500 bits per heavy atom. The number of hydrogen-bond acceptors (Lipinski definition) is 8. The van der Waals surface area contributed by atoms with Crippen LogP contribution < -0.4 is 18.9 Å². The summed E-state index contributed by atoms with van der Waals surface area (Å²) in [5, 5.41) is 0. The first-order chi connectivity index (χ1) is 23.5. The predicted octanol–water partition coefficient (Wildman–Crippen LogP) is 8.80. The highest BCUT2D eigenvalue weighted by atomic mass is 16.5. The van der Waals surface area contributed by atoms with Gasteiger partial charge in [0.2, 0.25) is 0 Å². The molecule has 4 aromatic carbocycles. The Labute approximate surface area is 283 Å². The van der Waals surface area contributed by atoms with Crippen LogP contribution in [0.15, 0.2) is 107 Å². The standard InChI is InChI=1S/C40H44N2O6/c1-3-5-27-45-35-21-13-33(14-22-35)39(43)47-37-17-9-31(10-18-37)29-41-25-7-8-26-42-30-32-11-19-38(20-12-32)48-40(44)34-15-23-36(24-16-34)46-28-6-4-2/h9-24,29-30H,3-8,25-28H2,1-2H3. The molecule has 0 aliphatic heterocycles. The normalized spacial score (nSPS) is 11.1. The number of hydrogen-bond donors (Lipinski definition) is 0. The first-order valence-corrected chi connectivity index (χ1v) is 16.6. The van der Waals surface area contributed by atoms with Crippen molar-refractivity contribution in [2.45, 2.75) is 52.4 Å². The first-order valence-electron chi connectivity index (χ1n) is 16.6. The molecule has 0 spiro atoms. The molecule has 0 radical (unpaired) electrons. The number of benzene rings is 4. The number of carbonyl (C=O) groups is 2. The van der Waals surface area contributed by atoms with E-state index < -0.39 is 11.9 Å². The van der Waals surface area contributed by atoms with Gasteiger partial charge in [0.25, 0.3) is 0 Å². The fourth-order valence-electron chi connectivity index (χ4n) is 4.37. The lowest BCUT2D eigenvalue weighted by Gasteiger charge is -2.07. The van der Waals surface area contributed by atoms with Crippen molar-refractivity contribution in [2.24, 2.45) is 9.98 Å². The molecule has 8 nitrogen and oxygen atoms in total. The Morgan fingerprint density at radius 3 is 1.21 bits per heavy atom. The second-order valence-electron chi connectivity index (χ2n) is 11.1. The summed E-state index contributed by atoms with van der Waals surface area (Å²) in [4.78, 5) is 34.0. The van der Waals surface area contributed by atoms with Crippen molar-refractivity contribution in [3.8, 4) is 23.0 Å². The molecule has 48 heavy (non-hydrogen) atoms. The molecule has 0 atom stereocenters. The highest BCUT2D eigenvalue weighted by Gasteiger charge is 2.10. The Hall–Kier alpha value is -5.24. The quantitative estimate of drug-likeness (QED) is 0.0436. The zero-order valence-electron chi connectivity index (χ0n) is 27.8. The Kier molecular flexibility index (Phi) is 14.9. The second-order valence-corrected chi connectivity index (χ2v) is 11.1. The van der Waals surface area contributed by atoms with Crippen LogP contribution in [0.2, 0.25) is 0 Å². The summed E-state index contributed by atoms with van der Waals surface area (Å²) in [6.45, 7) is 6.94. The summed E-state index contributed by atoms with van der Waals surface area (Å²) in [6.07, 6.45) is 9.58. The van der Waals surface area contributed by atoms with Crippen LogP contribution in [0.5, 0.6) is 23.0 Å². The lowest BCUT2D eigenvalue weighted by atomic mass is 10.2. The topological polar surface area (TPSA) is 95.8 Å². The zero-order chi connectivity index (χ0) is 33.8. The highest BCUT2D eigenvalue weighted by molar-refractivity contribution is 5.92. The van der Waals surface area contributed by atoms with Gasteiger partial charge < -0.3 is 18.9 Å². The van der Waals surface area contributed by atoms with Crippen molar-refractivity contribution in [3.63, 3.8) is 0 Å². The van der Waals surface area contributed by atoms with Gasteiger partial charge in [0, 0.05) is 25.5 Å². The summed E-state index contributed by atoms with van der Waals surface area (Å²) in [7, 11) is 0. The second kappa shape index (κ2) is 20.1. The summed E-state index contributed by atoms with van der Waals surface area (Å²) in [5.74, 6) is 1.61. The summed E-state index contributed by atoms with van der Waals surface area (Å²) in [6, 6.07) is 28.5. The van der Waals surface area contributed by atoms with Gasteiger partial charge in [-0.15, -0.1) is 0 Å². The summed E-state index contributed by atoms with van der Waals surface area (Å²) < 4.78 is 22.3. The fraction of sp³-hybridized carbons (Fsp3) is 0.300. The molecule has 8 heteroatoms. The number of esters is 2. The predicted molar refractivity (Wildman–Crippen MR) is 191 cm³/mol.